The third-order valence-electron chi connectivity index (χ3n) is 1.36. The minimum Gasteiger partial charge on any atom is -0.351 e. The van der Waals surface area contributed by atoms with Crippen molar-refractivity contribution >= 4 is 25.9 Å². The van der Waals surface area contributed by atoms with E-state index in [2.05, 4.69) is 4.83 Å². The molecule has 0 fully saturated rings. The molecule has 8 heteroatoms. The molecule has 0 bridgehead atoms. The Bertz CT molecular complexity index is 432. The maximum Gasteiger partial charge on any atom is 0.327 e. The lowest BCUT2D eigenvalue weighted by molar-refractivity contribution is 0.248. The number of rotatable bonds is 4. The first-order valence-electron chi connectivity index (χ1n) is 3.81. The fourth-order valence-electron chi connectivity index (χ4n) is 0.761. The summed E-state index contributed by atoms with van der Waals surface area (Å²) in [7, 11) is -3.15. The number of nitrogens with one attached hydrogen (secondary N) is 2. The molecule has 1 aromatic rings. The molecular formula is C7H9N3O3S2. The second-order valence-corrected chi connectivity index (χ2v) is 6.01. The zero-order chi connectivity index (χ0) is 11.3. The molecule has 82 valence electrons. The summed E-state index contributed by atoms with van der Waals surface area (Å²) in [6.07, 6.45) is 0. The van der Waals surface area contributed by atoms with Crippen LogP contribution in [0.1, 0.15) is 0 Å². The van der Waals surface area contributed by atoms with E-state index in [1.54, 1.807) is 18.2 Å². The molecule has 0 aliphatic rings. The molecule has 0 heterocycles. The first-order valence-corrected chi connectivity index (χ1v) is 6.63. The molecule has 6 nitrogen and oxygen atoms in total. The largest absolute Gasteiger partial charge is 0.351 e. The van der Waals surface area contributed by atoms with Gasteiger partial charge in [-0.1, -0.05) is 18.2 Å². The lowest BCUT2D eigenvalue weighted by atomic mass is 10.4. The number of nitrogens with two attached hydrogens (primary N) is 1. The quantitative estimate of drug-likeness (QED) is 0.401. The molecule has 2 amide bonds. The van der Waals surface area contributed by atoms with Crippen LogP contribution in [0.25, 0.3) is 0 Å². The summed E-state index contributed by atoms with van der Waals surface area (Å²) >= 11 is 0. The van der Waals surface area contributed by atoms with Crippen LogP contribution in [-0.2, 0) is 8.87 Å². The van der Waals surface area contributed by atoms with Gasteiger partial charge in [0, 0.05) is 0 Å². The van der Waals surface area contributed by atoms with E-state index in [-0.39, 0.29) is 4.90 Å². The van der Waals surface area contributed by atoms with E-state index in [1.807, 2.05) is 5.43 Å². The lowest BCUT2D eigenvalue weighted by Gasteiger charge is -2.04. The van der Waals surface area contributed by atoms with Crippen LogP contribution in [0.3, 0.4) is 0 Å². The normalized spacial score (nSPS) is 10.9. The highest BCUT2D eigenvalue weighted by Crippen LogP contribution is 2.18. The molecule has 0 spiro atoms. The van der Waals surface area contributed by atoms with Crippen molar-refractivity contribution in [1.82, 2.24) is 10.3 Å². The summed E-state index contributed by atoms with van der Waals surface area (Å²) in [6.45, 7) is 0. The van der Waals surface area contributed by atoms with Gasteiger partial charge in [0.1, 0.15) is 0 Å². The minimum absolute atomic E-state index is 0.147. The molecule has 0 saturated heterocycles. The van der Waals surface area contributed by atoms with Gasteiger partial charge in [0.15, 0.2) is 0 Å². The maximum absolute atomic E-state index is 11.5. The van der Waals surface area contributed by atoms with Crippen molar-refractivity contribution in [3.8, 4) is 0 Å². The Morgan fingerprint density at radius 3 is 2.40 bits per heavy atom. The van der Waals surface area contributed by atoms with Gasteiger partial charge in [-0.25, -0.2) is 13.2 Å². The van der Waals surface area contributed by atoms with Crippen molar-refractivity contribution < 1.29 is 13.2 Å². The van der Waals surface area contributed by atoms with Crippen LogP contribution in [0.4, 0.5) is 4.79 Å². The van der Waals surface area contributed by atoms with E-state index in [0.717, 1.165) is 0 Å². The van der Waals surface area contributed by atoms with Crippen molar-refractivity contribution in [1.29, 1.82) is 0 Å². The van der Waals surface area contributed by atoms with E-state index in [4.69, 9.17) is 5.73 Å². The van der Waals surface area contributed by atoms with Gasteiger partial charge in [-0.3, -0.25) is 5.43 Å². The average molecular weight is 247 g/mol. The van der Waals surface area contributed by atoms with Gasteiger partial charge in [0.25, 0.3) is 0 Å². The molecule has 1 rings (SSSR count). The molecule has 0 atom stereocenters. The lowest BCUT2D eigenvalue weighted by Crippen LogP contribution is -2.37. The molecule has 0 radical (unpaired) electrons. The number of carbonyl (C=O) groups is 1. The summed E-state index contributed by atoms with van der Waals surface area (Å²) in [5, 5.41) is 0. The second-order valence-electron chi connectivity index (χ2n) is 2.44. The highest BCUT2D eigenvalue weighted by molar-refractivity contribution is 8.71. The molecule has 1 aromatic carbocycles. The fourth-order valence-corrected chi connectivity index (χ4v) is 2.68. The van der Waals surface area contributed by atoms with Crippen molar-refractivity contribution in [2.75, 3.05) is 0 Å². The van der Waals surface area contributed by atoms with Gasteiger partial charge < -0.3 is 5.73 Å². The van der Waals surface area contributed by atoms with Crippen molar-refractivity contribution in [3.05, 3.63) is 30.3 Å². The van der Waals surface area contributed by atoms with E-state index in [0.29, 0.717) is 11.0 Å². The first-order chi connectivity index (χ1) is 7.02. The topological polar surface area (TPSA) is 101 Å². The zero-order valence-corrected chi connectivity index (χ0v) is 9.14. The fraction of sp³-hybridized carbons (Fsp3) is 0. The molecule has 0 aromatic heterocycles. The third-order valence-corrected chi connectivity index (χ3v) is 4.10. The second kappa shape index (κ2) is 5.01. The molecular weight excluding hydrogens is 238 g/mol. The van der Waals surface area contributed by atoms with Crippen LogP contribution in [0.2, 0.25) is 0 Å². The molecule has 15 heavy (non-hydrogen) atoms. The number of benzene rings is 1. The monoisotopic (exact) mass is 247 g/mol. The Morgan fingerprint density at radius 1 is 1.27 bits per heavy atom. The van der Waals surface area contributed by atoms with Crippen molar-refractivity contribution in [3.63, 3.8) is 0 Å². The molecule has 0 saturated carbocycles. The maximum atomic E-state index is 11.5. The highest BCUT2D eigenvalue weighted by Gasteiger charge is 2.14. The Labute approximate surface area is 90.7 Å². The van der Waals surface area contributed by atoms with Gasteiger partial charge in [-0.05, 0) is 12.1 Å². The third kappa shape index (κ3) is 3.78. The molecule has 0 unspecified atom stereocenters. The van der Waals surface area contributed by atoms with E-state index in [9.17, 15) is 13.2 Å². The average Bonchev–Trinajstić information content (AvgIpc) is 2.18. The Kier molecular flexibility index (Phi) is 3.95. The van der Waals surface area contributed by atoms with Crippen LogP contribution >= 0.6 is 11.0 Å². The van der Waals surface area contributed by atoms with Gasteiger partial charge in [0.2, 0.25) is 8.87 Å². The number of carbonyl (C=O) groups excluding carboxylic acids is 1. The van der Waals surface area contributed by atoms with Crippen molar-refractivity contribution in [2.24, 2.45) is 5.73 Å². The zero-order valence-electron chi connectivity index (χ0n) is 7.51. The summed E-state index contributed by atoms with van der Waals surface area (Å²) < 4.78 is 23.0. The van der Waals surface area contributed by atoms with E-state index >= 15 is 0 Å². The van der Waals surface area contributed by atoms with Crippen LogP contribution in [0, 0.1) is 0 Å². The number of hydrogen-bond acceptors (Lipinski definition) is 5. The van der Waals surface area contributed by atoms with Gasteiger partial charge in [0.05, 0.1) is 15.9 Å². The first kappa shape index (κ1) is 11.8. The number of hydrogen-bond donors (Lipinski definition) is 3. The number of urea groups is 1. The van der Waals surface area contributed by atoms with Crippen LogP contribution < -0.4 is 16.0 Å². The molecule has 0 aliphatic heterocycles. The van der Waals surface area contributed by atoms with Crippen LogP contribution in [0.15, 0.2) is 35.2 Å². The van der Waals surface area contributed by atoms with Crippen LogP contribution in [0.5, 0.6) is 0 Å². The van der Waals surface area contributed by atoms with Crippen LogP contribution in [-0.4, -0.2) is 14.4 Å². The number of hydrazine groups is 1. The molecule has 4 N–H and O–H groups in total. The van der Waals surface area contributed by atoms with Crippen molar-refractivity contribution in [2.45, 2.75) is 4.90 Å². The summed E-state index contributed by atoms with van der Waals surface area (Å²) in [5.74, 6) is 0. The van der Waals surface area contributed by atoms with Gasteiger partial charge in [-0.15, -0.1) is 0 Å². The highest BCUT2D eigenvalue weighted by atomic mass is 33.1. The SMILES string of the molecule is NC(=O)NNSS(=O)(=O)c1ccccc1. The van der Waals surface area contributed by atoms with Gasteiger partial charge in [-0.2, -0.15) is 4.83 Å². The Morgan fingerprint density at radius 2 is 1.87 bits per heavy atom. The Balaban J connectivity index is 2.65. The number of primary amides is 1. The molecule has 0 aliphatic carbocycles. The summed E-state index contributed by atoms with van der Waals surface area (Å²) in [6, 6.07) is 6.97. The number of amides is 2. The Hall–Kier alpha value is -1.25. The predicted octanol–water partition coefficient (Wildman–Crippen LogP) is 0.196. The predicted molar refractivity (Wildman–Crippen MR) is 57.1 cm³/mol. The van der Waals surface area contributed by atoms with Gasteiger partial charge >= 0.3 is 6.03 Å². The summed E-state index contributed by atoms with van der Waals surface area (Å²) in [5.41, 5.74) is 6.68. The smallest absolute Gasteiger partial charge is 0.327 e. The van der Waals surface area contributed by atoms with E-state index in [1.165, 1.54) is 12.1 Å². The minimum atomic E-state index is -3.52. The summed E-state index contributed by atoms with van der Waals surface area (Å²) in [4.78, 5) is 12.5. The standard InChI is InChI=1S/C7H9N3O3S2/c8-7(11)9-10-14-15(12,13)6-4-2-1-3-5-6/h1-5,10H,(H3,8,9,11). The van der Waals surface area contributed by atoms with E-state index < -0.39 is 14.9 Å².